The van der Waals surface area contributed by atoms with Gasteiger partial charge in [0.05, 0.1) is 34.6 Å². The number of nitriles is 1. The quantitative estimate of drug-likeness (QED) is 0.732. The van der Waals surface area contributed by atoms with E-state index < -0.39 is 64.5 Å². The molecule has 0 aromatic heterocycles. The number of aliphatic hydroxyl groups is 1. The Morgan fingerprint density at radius 2 is 2.07 bits per heavy atom. The van der Waals surface area contributed by atoms with Crippen LogP contribution in [0.25, 0.3) is 0 Å². The first-order valence-electron chi connectivity index (χ1n) is 9.33. The predicted octanol–water partition coefficient (Wildman–Crippen LogP) is 2.36. The van der Waals surface area contributed by atoms with Crippen molar-refractivity contribution < 1.29 is 37.3 Å². The van der Waals surface area contributed by atoms with Gasteiger partial charge in [0.1, 0.15) is 17.9 Å². The van der Waals surface area contributed by atoms with E-state index >= 15 is 0 Å². The molecule has 0 saturated carbocycles. The van der Waals surface area contributed by atoms with Gasteiger partial charge in [-0.3, -0.25) is 14.5 Å². The van der Waals surface area contributed by atoms with Gasteiger partial charge in [0, 0.05) is 19.0 Å². The van der Waals surface area contributed by atoms with Gasteiger partial charge in [-0.1, -0.05) is 0 Å². The Balaban J connectivity index is 1.76. The van der Waals surface area contributed by atoms with Crippen molar-refractivity contribution in [2.75, 3.05) is 4.90 Å². The van der Waals surface area contributed by atoms with Gasteiger partial charge in [-0.15, -0.1) is 0 Å². The minimum Gasteiger partial charge on any atom is -0.459 e. The van der Waals surface area contributed by atoms with E-state index in [1.54, 1.807) is 13.8 Å². The molecule has 10 heteroatoms. The number of fused-ring (bicyclic) bond motifs is 5. The standard InChI is InChI=1S/C20H19F3N2O5/c1-9(26)29-13-7-18(2)14-15(19(13,3)30-18)17(28)25(16(14)27)11-5-4-10(8-24)12(6-11)20(21,22)23/h4-6,13-15,17,28H,7H2,1-3H3/t13-,14+,15-,17?,18?,19?/m1/s1. The largest absolute Gasteiger partial charge is 0.459 e. The molecular weight excluding hydrogens is 405 g/mol. The molecule has 6 atom stereocenters. The number of rotatable bonds is 2. The van der Waals surface area contributed by atoms with Crippen molar-refractivity contribution in [3.05, 3.63) is 29.3 Å². The van der Waals surface area contributed by atoms with Gasteiger partial charge in [0.2, 0.25) is 5.91 Å². The lowest BCUT2D eigenvalue weighted by atomic mass is 9.67. The molecule has 1 aromatic carbocycles. The maximum absolute atomic E-state index is 13.4. The van der Waals surface area contributed by atoms with E-state index in [1.807, 2.05) is 0 Å². The number of anilines is 1. The van der Waals surface area contributed by atoms with Crippen molar-refractivity contribution in [3.8, 4) is 6.07 Å². The number of halogens is 3. The number of ether oxygens (including phenoxy) is 2. The monoisotopic (exact) mass is 424 g/mol. The zero-order chi connectivity index (χ0) is 22.2. The first-order chi connectivity index (χ1) is 13.8. The molecule has 1 N–H and O–H groups in total. The Morgan fingerprint density at radius 3 is 2.63 bits per heavy atom. The highest BCUT2D eigenvalue weighted by atomic mass is 19.4. The molecule has 3 heterocycles. The number of hydrogen-bond acceptors (Lipinski definition) is 6. The molecule has 3 unspecified atom stereocenters. The Kier molecular flexibility index (Phi) is 4.25. The molecule has 0 radical (unpaired) electrons. The van der Waals surface area contributed by atoms with E-state index in [-0.39, 0.29) is 12.1 Å². The number of nitrogens with zero attached hydrogens (tertiary/aromatic N) is 2. The molecule has 1 aromatic rings. The summed E-state index contributed by atoms with van der Waals surface area (Å²) >= 11 is 0. The smallest absolute Gasteiger partial charge is 0.417 e. The number of hydrogen-bond donors (Lipinski definition) is 1. The maximum Gasteiger partial charge on any atom is 0.417 e. The summed E-state index contributed by atoms with van der Waals surface area (Å²) in [6.45, 7) is 4.55. The van der Waals surface area contributed by atoms with E-state index in [2.05, 4.69) is 0 Å². The average molecular weight is 424 g/mol. The van der Waals surface area contributed by atoms with Gasteiger partial charge >= 0.3 is 12.1 Å². The van der Waals surface area contributed by atoms with Crippen molar-refractivity contribution in [2.45, 2.75) is 56.9 Å². The third-order valence-corrected chi connectivity index (χ3v) is 6.47. The van der Waals surface area contributed by atoms with Gasteiger partial charge in [-0.05, 0) is 32.0 Å². The topological polar surface area (TPSA) is 99.9 Å². The first kappa shape index (κ1) is 20.6. The third kappa shape index (κ3) is 2.65. The molecule has 0 aliphatic carbocycles. The fraction of sp³-hybridized carbons (Fsp3) is 0.550. The molecule has 2 bridgehead atoms. The first-order valence-corrected chi connectivity index (χ1v) is 9.33. The van der Waals surface area contributed by atoms with Crippen molar-refractivity contribution >= 4 is 17.6 Å². The molecule has 3 aliphatic rings. The van der Waals surface area contributed by atoms with Crippen LogP contribution in [0.3, 0.4) is 0 Å². The van der Waals surface area contributed by atoms with Gasteiger partial charge in [0.25, 0.3) is 0 Å². The lowest BCUT2D eigenvalue weighted by Crippen LogP contribution is -2.52. The van der Waals surface area contributed by atoms with Gasteiger partial charge < -0.3 is 14.6 Å². The van der Waals surface area contributed by atoms with Crippen molar-refractivity contribution in [1.82, 2.24) is 0 Å². The molecule has 7 nitrogen and oxygen atoms in total. The van der Waals surface area contributed by atoms with Crippen molar-refractivity contribution in [2.24, 2.45) is 11.8 Å². The highest BCUT2D eigenvalue weighted by Crippen LogP contribution is 2.62. The number of amides is 1. The molecular formula is C20H19F3N2O5. The Hall–Kier alpha value is -2.64. The van der Waals surface area contributed by atoms with Gasteiger partial charge in [0.15, 0.2) is 0 Å². The summed E-state index contributed by atoms with van der Waals surface area (Å²) in [5.74, 6) is -2.72. The molecule has 0 spiro atoms. The van der Waals surface area contributed by atoms with Crippen LogP contribution in [0.2, 0.25) is 0 Å². The third-order valence-electron chi connectivity index (χ3n) is 6.47. The minimum atomic E-state index is -4.80. The van der Waals surface area contributed by atoms with E-state index in [1.165, 1.54) is 19.1 Å². The fourth-order valence-electron chi connectivity index (χ4n) is 5.34. The molecule has 3 fully saturated rings. The molecule has 3 aliphatic heterocycles. The summed E-state index contributed by atoms with van der Waals surface area (Å²) in [5.41, 5.74) is -4.14. The van der Waals surface area contributed by atoms with Gasteiger partial charge in [-0.2, -0.15) is 18.4 Å². The summed E-state index contributed by atoms with van der Waals surface area (Å²) < 4.78 is 51.5. The van der Waals surface area contributed by atoms with Crippen LogP contribution in [0, 0.1) is 23.2 Å². The maximum atomic E-state index is 13.4. The highest BCUT2D eigenvalue weighted by Gasteiger charge is 2.76. The minimum absolute atomic E-state index is 0.163. The lowest BCUT2D eigenvalue weighted by Gasteiger charge is -2.37. The molecule has 30 heavy (non-hydrogen) atoms. The van der Waals surface area contributed by atoms with Crippen LogP contribution in [0.1, 0.15) is 38.3 Å². The van der Waals surface area contributed by atoms with Crippen LogP contribution >= 0.6 is 0 Å². The molecule has 1 amide bonds. The van der Waals surface area contributed by atoms with E-state index in [9.17, 15) is 27.9 Å². The van der Waals surface area contributed by atoms with Gasteiger partial charge in [-0.25, -0.2) is 0 Å². The Morgan fingerprint density at radius 1 is 1.40 bits per heavy atom. The average Bonchev–Trinajstić information content (AvgIpc) is 3.14. The van der Waals surface area contributed by atoms with E-state index in [0.29, 0.717) is 6.07 Å². The normalized spacial score (nSPS) is 37.3. The Labute approximate surface area is 170 Å². The summed E-state index contributed by atoms with van der Waals surface area (Å²) in [5, 5.41) is 20.0. The van der Waals surface area contributed by atoms with Crippen LogP contribution in [0.5, 0.6) is 0 Å². The number of aliphatic hydroxyl groups excluding tert-OH is 1. The predicted molar refractivity (Wildman–Crippen MR) is 94.7 cm³/mol. The second-order valence-corrected chi connectivity index (χ2v) is 8.37. The zero-order valence-corrected chi connectivity index (χ0v) is 16.4. The van der Waals surface area contributed by atoms with E-state index in [4.69, 9.17) is 14.7 Å². The number of carbonyl (C=O) groups excluding carboxylic acids is 2. The van der Waals surface area contributed by atoms with Crippen molar-refractivity contribution in [1.29, 1.82) is 5.26 Å². The number of alkyl halides is 3. The number of benzene rings is 1. The summed E-state index contributed by atoms with van der Waals surface area (Å²) in [7, 11) is 0. The second kappa shape index (κ2) is 6.18. The lowest BCUT2D eigenvalue weighted by molar-refractivity contribution is -0.160. The van der Waals surface area contributed by atoms with Crippen molar-refractivity contribution in [3.63, 3.8) is 0 Å². The second-order valence-electron chi connectivity index (χ2n) is 8.37. The van der Waals surface area contributed by atoms with Crippen LogP contribution in [0.4, 0.5) is 18.9 Å². The highest BCUT2D eigenvalue weighted by molar-refractivity contribution is 5.99. The zero-order valence-electron chi connectivity index (χ0n) is 16.4. The SMILES string of the molecule is CC(=O)O[C@@H]1CC2(C)OC1(C)[C@H]1C(O)N(c3ccc(C#N)c(C(F)(F)F)c3)C(=O)[C@H]12. The molecule has 3 saturated heterocycles. The fourth-order valence-corrected chi connectivity index (χ4v) is 5.34. The Bertz CT molecular complexity index is 990. The molecule has 4 rings (SSSR count). The summed E-state index contributed by atoms with van der Waals surface area (Å²) in [4.78, 5) is 25.6. The summed E-state index contributed by atoms with van der Waals surface area (Å²) in [6.07, 6.45) is -6.75. The number of carbonyl (C=O) groups is 2. The van der Waals surface area contributed by atoms with Crippen LogP contribution in [0.15, 0.2) is 18.2 Å². The number of esters is 1. The van der Waals surface area contributed by atoms with Crippen LogP contribution < -0.4 is 4.90 Å². The van der Waals surface area contributed by atoms with Crippen LogP contribution in [-0.2, 0) is 25.2 Å². The van der Waals surface area contributed by atoms with E-state index in [0.717, 1.165) is 11.0 Å². The summed E-state index contributed by atoms with van der Waals surface area (Å²) in [6, 6.07) is 4.36. The van der Waals surface area contributed by atoms with Crippen LogP contribution in [-0.4, -0.2) is 40.5 Å². The molecule has 160 valence electrons.